The number of hydrogen-bond acceptors (Lipinski definition) is 5. The van der Waals surface area contributed by atoms with Crippen molar-refractivity contribution in [3.05, 3.63) is 0 Å². The Labute approximate surface area is 126 Å². The van der Waals surface area contributed by atoms with Crippen LogP contribution in [0.2, 0.25) is 0 Å². The molecule has 1 saturated heterocycles. The third-order valence-electron chi connectivity index (χ3n) is 3.65. The zero-order valence-electron chi connectivity index (χ0n) is 12.5. The number of carbonyl (C=O) groups is 1. The van der Waals surface area contributed by atoms with Crippen LogP contribution >= 0.6 is 0 Å². The SMILES string of the molecule is CC(C)C(C(=O)O)S(=O)(=O)CC1CCCN(S(C)(=O)=O)C1. The van der Waals surface area contributed by atoms with E-state index >= 15 is 0 Å². The number of carboxylic acids is 1. The first-order valence-corrected chi connectivity index (χ1v) is 10.4. The van der Waals surface area contributed by atoms with E-state index in [-0.39, 0.29) is 18.2 Å². The molecule has 0 aromatic carbocycles. The molecule has 7 nitrogen and oxygen atoms in total. The molecule has 0 saturated carbocycles. The lowest BCUT2D eigenvalue weighted by molar-refractivity contribution is -0.137. The zero-order valence-corrected chi connectivity index (χ0v) is 14.2. The molecule has 2 atom stereocenters. The molecule has 0 spiro atoms. The first-order chi connectivity index (χ1) is 9.45. The predicted octanol–water partition coefficient (Wildman–Crippen LogP) is 0.182. The van der Waals surface area contributed by atoms with Crippen LogP contribution in [0.5, 0.6) is 0 Å². The lowest BCUT2D eigenvalue weighted by Gasteiger charge is -2.31. The third kappa shape index (κ3) is 4.93. The summed E-state index contributed by atoms with van der Waals surface area (Å²) in [5.74, 6) is -2.50. The molecule has 1 N–H and O–H groups in total. The Hall–Kier alpha value is -0.670. The van der Waals surface area contributed by atoms with E-state index in [9.17, 15) is 21.6 Å². The van der Waals surface area contributed by atoms with E-state index in [1.54, 1.807) is 13.8 Å². The van der Waals surface area contributed by atoms with E-state index in [0.29, 0.717) is 19.4 Å². The quantitative estimate of drug-likeness (QED) is 0.738. The highest BCUT2D eigenvalue weighted by molar-refractivity contribution is 7.92. The second-order valence-electron chi connectivity index (χ2n) is 5.96. The van der Waals surface area contributed by atoms with Crippen molar-refractivity contribution in [2.24, 2.45) is 11.8 Å². The summed E-state index contributed by atoms with van der Waals surface area (Å²) < 4.78 is 48.9. The Kier molecular flexibility index (Phi) is 5.79. The van der Waals surface area contributed by atoms with Crippen molar-refractivity contribution in [2.75, 3.05) is 25.1 Å². The van der Waals surface area contributed by atoms with Gasteiger partial charge < -0.3 is 5.11 Å². The van der Waals surface area contributed by atoms with Crippen LogP contribution in [0, 0.1) is 11.8 Å². The monoisotopic (exact) mass is 341 g/mol. The molecule has 124 valence electrons. The number of piperidine rings is 1. The molecular formula is C12H23NO6S2. The van der Waals surface area contributed by atoms with Crippen molar-refractivity contribution in [1.29, 1.82) is 0 Å². The third-order valence-corrected chi connectivity index (χ3v) is 7.38. The highest BCUT2D eigenvalue weighted by Gasteiger charge is 2.38. The first kappa shape index (κ1) is 18.4. The highest BCUT2D eigenvalue weighted by atomic mass is 32.2. The van der Waals surface area contributed by atoms with Crippen LogP contribution in [0.1, 0.15) is 26.7 Å². The standard InChI is InChI=1S/C12H23NO6S2/c1-9(2)11(12(14)15)21(18,19)8-10-5-4-6-13(7-10)20(3,16)17/h9-11H,4-8H2,1-3H3,(H,14,15). The van der Waals surface area contributed by atoms with Crippen molar-refractivity contribution >= 4 is 25.8 Å². The molecule has 2 unspecified atom stereocenters. The fraction of sp³-hybridized carbons (Fsp3) is 0.917. The normalized spacial score (nSPS) is 23.1. The Morgan fingerprint density at radius 1 is 1.29 bits per heavy atom. The summed E-state index contributed by atoms with van der Waals surface area (Å²) in [6.07, 6.45) is 2.28. The maximum Gasteiger partial charge on any atom is 0.322 e. The minimum absolute atomic E-state index is 0.141. The molecular weight excluding hydrogens is 318 g/mol. The van der Waals surface area contributed by atoms with Crippen molar-refractivity contribution < 1.29 is 26.7 Å². The minimum Gasteiger partial charge on any atom is -0.480 e. The fourth-order valence-electron chi connectivity index (χ4n) is 2.75. The van der Waals surface area contributed by atoms with Crippen molar-refractivity contribution in [2.45, 2.75) is 31.9 Å². The van der Waals surface area contributed by atoms with Gasteiger partial charge in [0.15, 0.2) is 15.1 Å². The van der Waals surface area contributed by atoms with Gasteiger partial charge in [0.2, 0.25) is 10.0 Å². The Balaban J connectivity index is 2.86. The van der Waals surface area contributed by atoms with Crippen molar-refractivity contribution in [3.8, 4) is 0 Å². The minimum atomic E-state index is -3.81. The fourth-order valence-corrected chi connectivity index (χ4v) is 5.97. The van der Waals surface area contributed by atoms with Crippen LogP contribution in [0.25, 0.3) is 0 Å². The van der Waals surface area contributed by atoms with Gasteiger partial charge in [0.25, 0.3) is 0 Å². The number of nitrogens with zero attached hydrogens (tertiary/aromatic N) is 1. The van der Waals surface area contributed by atoms with Gasteiger partial charge in [0.1, 0.15) is 0 Å². The molecule has 9 heteroatoms. The van der Waals surface area contributed by atoms with Crippen LogP contribution in [-0.4, -0.2) is 62.6 Å². The summed E-state index contributed by atoms with van der Waals surface area (Å²) in [6.45, 7) is 3.64. The van der Waals surface area contributed by atoms with Crippen LogP contribution in [-0.2, 0) is 24.7 Å². The Bertz CT molecular complexity index is 581. The number of hydrogen-bond donors (Lipinski definition) is 1. The summed E-state index contributed by atoms with van der Waals surface area (Å²) in [5.41, 5.74) is 0. The van der Waals surface area contributed by atoms with Gasteiger partial charge in [0, 0.05) is 13.1 Å². The molecule has 1 heterocycles. The van der Waals surface area contributed by atoms with Gasteiger partial charge in [-0.2, -0.15) is 0 Å². The molecule has 0 aliphatic carbocycles. The van der Waals surface area contributed by atoms with Gasteiger partial charge in [-0.15, -0.1) is 0 Å². The van der Waals surface area contributed by atoms with E-state index in [2.05, 4.69) is 0 Å². The van der Waals surface area contributed by atoms with Crippen LogP contribution in [0.4, 0.5) is 0 Å². The number of rotatable bonds is 6. The van der Waals surface area contributed by atoms with E-state index in [0.717, 1.165) is 6.26 Å². The summed E-state index contributed by atoms with van der Waals surface area (Å²) in [7, 11) is -7.16. The van der Waals surface area contributed by atoms with Gasteiger partial charge in [-0.05, 0) is 24.7 Å². The Morgan fingerprint density at radius 3 is 2.29 bits per heavy atom. The summed E-state index contributed by atoms with van der Waals surface area (Å²) >= 11 is 0. The maximum absolute atomic E-state index is 12.3. The second-order valence-corrected chi connectivity index (χ2v) is 10.1. The van der Waals surface area contributed by atoms with Gasteiger partial charge in [0.05, 0.1) is 12.0 Å². The molecule has 1 aliphatic heterocycles. The Morgan fingerprint density at radius 2 is 1.86 bits per heavy atom. The molecule has 1 aliphatic rings. The van der Waals surface area contributed by atoms with E-state index in [1.165, 1.54) is 4.31 Å². The molecule has 1 rings (SSSR count). The molecule has 0 aromatic rings. The number of sulfone groups is 1. The van der Waals surface area contributed by atoms with Crippen molar-refractivity contribution in [3.63, 3.8) is 0 Å². The molecule has 21 heavy (non-hydrogen) atoms. The van der Waals surface area contributed by atoms with Gasteiger partial charge >= 0.3 is 5.97 Å². The predicted molar refractivity (Wildman–Crippen MR) is 79.2 cm³/mol. The van der Waals surface area contributed by atoms with E-state index in [4.69, 9.17) is 5.11 Å². The topological polar surface area (TPSA) is 109 Å². The maximum atomic E-state index is 12.3. The highest BCUT2D eigenvalue weighted by Crippen LogP contribution is 2.23. The van der Waals surface area contributed by atoms with E-state index in [1.807, 2.05) is 0 Å². The zero-order chi connectivity index (χ0) is 16.4. The van der Waals surface area contributed by atoms with Gasteiger partial charge in [-0.3, -0.25) is 4.79 Å². The van der Waals surface area contributed by atoms with Crippen LogP contribution in [0.3, 0.4) is 0 Å². The molecule has 0 aromatic heterocycles. The largest absolute Gasteiger partial charge is 0.480 e. The van der Waals surface area contributed by atoms with E-state index < -0.39 is 37.0 Å². The number of aliphatic carboxylic acids is 1. The number of carboxylic acid groups (broad SMARTS) is 1. The second kappa shape index (κ2) is 6.62. The van der Waals surface area contributed by atoms with Crippen LogP contribution in [0.15, 0.2) is 0 Å². The summed E-state index contributed by atoms with van der Waals surface area (Å²) in [5, 5.41) is 7.67. The molecule has 0 radical (unpaired) electrons. The lowest BCUT2D eigenvalue weighted by Crippen LogP contribution is -2.44. The van der Waals surface area contributed by atoms with Crippen molar-refractivity contribution in [1.82, 2.24) is 4.31 Å². The summed E-state index contributed by atoms with van der Waals surface area (Å²) in [4.78, 5) is 11.2. The smallest absolute Gasteiger partial charge is 0.322 e. The van der Waals surface area contributed by atoms with Crippen LogP contribution < -0.4 is 0 Å². The van der Waals surface area contributed by atoms with Gasteiger partial charge in [-0.1, -0.05) is 13.8 Å². The average Bonchev–Trinajstić information content (AvgIpc) is 2.25. The average molecular weight is 341 g/mol. The van der Waals surface area contributed by atoms with Gasteiger partial charge in [-0.25, -0.2) is 21.1 Å². The molecule has 1 fully saturated rings. The first-order valence-electron chi connectivity index (χ1n) is 6.84. The molecule has 0 bridgehead atoms. The molecule has 0 amide bonds. The lowest BCUT2D eigenvalue weighted by atomic mass is 10.0. The summed E-state index contributed by atoms with van der Waals surface area (Å²) in [6, 6.07) is 0. The number of sulfonamides is 1.